The quantitative estimate of drug-likeness (QED) is 0.489. The molecular formula is C17H26O3. The number of hydrogen-bond acceptors (Lipinski definition) is 3. The molecule has 0 saturated carbocycles. The van der Waals surface area contributed by atoms with Crippen LogP contribution in [0.5, 0.6) is 5.75 Å². The highest BCUT2D eigenvalue weighted by Crippen LogP contribution is 2.23. The van der Waals surface area contributed by atoms with E-state index in [1.165, 1.54) is 12.8 Å². The molecule has 0 N–H and O–H groups in total. The van der Waals surface area contributed by atoms with Gasteiger partial charge in [0.15, 0.2) is 0 Å². The molecule has 0 radical (unpaired) electrons. The second-order valence-corrected chi connectivity index (χ2v) is 4.86. The van der Waals surface area contributed by atoms with E-state index in [0.29, 0.717) is 17.9 Å². The van der Waals surface area contributed by atoms with Crippen LogP contribution in [0.2, 0.25) is 0 Å². The smallest absolute Gasteiger partial charge is 0.341 e. The van der Waals surface area contributed by atoms with Crippen molar-refractivity contribution >= 4 is 5.97 Å². The van der Waals surface area contributed by atoms with Crippen LogP contribution in [-0.2, 0) is 4.74 Å². The lowest BCUT2D eigenvalue weighted by Gasteiger charge is -2.19. The number of benzene rings is 1. The molecular weight excluding hydrogens is 252 g/mol. The molecule has 0 spiro atoms. The number of rotatable bonds is 9. The third-order valence-electron chi connectivity index (χ3n) is 3.26. The Hall–Kier alpha value is -1.51. The zero-order valence-electron chi connectivity index (χ0n) is 12.9. The number of unbranched alkanes of at least 4 members (excludes halogenated alkanes) is 2. The van der Waals surface area contributed by atoms with Gasteiger partial charge in [-0.1, -0.05) is 38.8 Å². The number of carbonyl (C=O) groups is 1. The fourth-order valence-corrected chi connectivity index (χ4v) is 2.09. The molecule has 0 fully saturated rings. The van der Waals surface area contributed by atoms with Crippen LogP contribution < -0.4 is 4.74 Å². The van der Waals surface area contributed by atoms with Crippen molar-refractivity contribution < 1.29 is 14.3 Å². The number of hydrogen-bond donors (Lipinski definition) is 0. The maximum atomic E-state index is 11.9. The number of ether oxygens (including phenoxy) is 2. The molecule has 0 saturated heterocycles. The fraction of sp³-hybridized carbons (Fsp3) is 0.588. The lowest BCUT2D eigenvalue weighted by Crippen LogP contribution is -2.17. The lowest BCUT2D eigenvalue weighted by atomic mass is 10.1. The molecule has 0 amide bonds. The Morgan fingerprint density at radius 1 is 1.15 bits per heavy atom. The van der Waals surface area contributed by atoms with Gasteiger partial charge in [-0.15, -0.1) is 0 Å². The van der Waals surface area contributed by atoms with E-state index < -0.39 is 0 Å². The summed E-state index contributed by atoms with van der Waals surface area (Å²) in [5.74, 6) is 0.320. The van der Waals surface area contributed by atoms with E-state index in [1.807, 2.05) is 18.2 Å². The summed E-state index contributed by atoms with van der Waals surface area (Å²) in [6.07, 6.45) is 5.73. The lowest BCUT2D eigenvalue weighted by molar-refractivity contribution is 0.0518. The van der Waals surface area contributed by atoms with Gasteiger partial charge in [0.1, 0.15) is 11.3 Å². The molecule has 0 heterocycles. The molecule has 112 valence electrons. The highest BCUT2D eigenvalue weighted by atomic mass is 16.5. The van der Waals surface area contributed by atoms with Crippen molar-refractivity contribution in [2.75, 3.05) is 6.61 Å². The Balaban J connectivity index is 2.71. The second kappa shape index (κ2) is 9.40. The van der Waals surface area contributed by atoms with Crippen molar-refractivity contribution in [3.05, 3.63) is 29.8 Å². The highest BCUT2D eigenvalue weighted by Gasteiger charge is 2.16. The molecule has 0 aromatic heterocycles. The van der Waals surface area contributed by atoms with Crippen LogP contribution in [0.3, 0.4) is 0 Å². The summed E-state index contributed by atoms with van der Waals surface area (Å²) in [5.41, 5.74) is 0.517. The van der Waals surface area contributed by atoms with Crippen LogP contribution in [0.1, 0.15) is 63.2 Å². The predicted octanol–water partition coefficient (Wildman–Crippen LogP) is 4.60. The van der Waals surface area contributed by atoms with Crippen LogP contribution in [0.4, 0.5) is 0 Å². The summed E-state index contributed by atoms with van der Waals surface area (Å²) in [6.45, 7) is 6.49. The van der Waals surface area contributed by atoms with Gasteiger partial charge in [-0.3, -0.25) is 0 Å². The molecule has 0 bridgehead atoms. The SMILES string of the molecule is CCCCCC(CC)Oc1ccccc1C(=O)OCC. The van der Waals surface area contributed by atoms with Crippen LogP contribution in [0.15, 0.2) is 24.3 Å². The van der Waals surface area contributed by atoms with E-state index in [1.54, 1.807) is 13.0 Å². The average Bonchev–Trinajstić information content (AvgIpc) is 2.47. The van der Waals surface area contributed by atoms with Crippen molar-refractivity contribution in [3.8, 4) is 5.75 Å². The van der Waals surface area contributed by atoms with Crippen molar-refractivity contribution in [2.24, 2.45) is 0 Å². The fourth-order valence-electron chi connectivity index (χ4n) is 2.09. The summed E-state index contributed by atoms with van der Waals surface area (Å²) >= 11 is 0. The minimum atomic E-state index is -0.313. The topological polar surface area (TPSA) is 35.5 Å². The van der Waals surface area contributed by atoms with Crippen molar-refractivity contribution in [3.63, 3.8) is 0 Å². The molecule has 1 aromatic carbocycles. The molecule has 0 aliphatic rings. The second-order valence-electron chi connectivity index (χ2n) is 4.86. The summed E-state index contributed by atoms with van der Waals surface area (Å²) in [4.78, 5) is 11.9. The first-order valence-corrected chi connectivity index (χ1v) is 7.65. The van der Waals surface area contributed by atoms with E-state index in [9.17, 15) is 4.79 Å². The zero-order chi connectivity index (χ0) is 14.8. The molecule has 1 atom stereocenters. The summed E-state index contributed by atoms with van der Waals surface area (Å²) in [7, 11) is 0. The van der Waals surface area contributed by atoms with Gasteiger partial charge in [-0.25, -0.2) is 4.79 Å². The molecule has 3 heteroatoms. The largest absolute Gasteiger partial charge is 0.490 e. The van der Waals surface area contributed by atoms with E-state index in [4.69, 9.17) is 9.47 Å². The molecule has 1 rings (SSSR count). The van der Waals surface area contributed by atoms with Crippen LogP contribution in [0.25, 0.3) is 0 Å². The van der Waals surface area contributed by atoms with E-state index >= 15 is 0 Å². The van der Waals surface area contributed by atoms with Crippen molar-refractivity contribution in [1.29, 1.82) is 0 Å². The Labute approximate surface area is 122 Å². The first kappa shape index (κ1) is 16.5. The highest BCUT2D eigenvalue weighted by molar-refractivity contribution is 5.92. The molecule has 3 nitrogen and oxygen atoms in total. The molecule has 0 aliphatic heterocycles. The van der Waals surface area contributed by atoms with Crippen LogP contribution >= 0.6 is 0 Å². The Bertz CT molecular complexity index is 401. The first-order chi connectivity index (χ1) is 9.72. The standard InChI is InChI=1S/C17H26O3/c1-4-7-8-11-14(5-2)20-16-13-10-9-12-15(16)17(18)19-6-3/h9-10,12-14H,4-8,11H2,1-3H3. The van der Waals surface area contributed by atoms with Gasteiger partial charge < -0.3 is 9.47 Å². The van der Waals surface area contributed by atoms with Gasteiger partial charge in [0, 0.05) is 0 Å². The number of para-hydroxylation sites is 1. The maximum Gasteiger partial charge on any atom is 0.341 e. The molecule has 0 aliphatic carbocycles. The van der Waals surface area contributed by atoms with Crippen molar-refractivity contribution in [2.45, 2.75) is 59.0 Å². The van der Waals surface area contributed by atoms with E-state index in [2.05, 4.69) is 13.8 Å². The Morgan fingerprint density at radius 3 is 2.55 bits per heavy atom. The normalized spacial score (nSPS) is 11.9. The van der Waals surface area contributed by atoms with Gasteiger partial charge >= 0.3 is 5.97 Å². The van der Waals surface area contributed by atoms with Gasteiger partial charge in [-0.2, -0.15) is 0 Å². The third-order valence-corrected chi connectivity index (χ3v) is 3.26. The maximum absolute atomic E-state index is 11.9. The summed E-state index contributed by atoms with van der Waals surface area (Å²) < 4.78 is 11.1. The summed E-state index contributed by atoms with van der Waals surface area (Å²) in [5, 5.41) is 0. The number of esters is 1. The Morgan fingerprint density at radius 2 is 1.90 bits per heavy atom. The van der Waals surface area contributed by atoms with Gasteiger partial charge in [0.05, 0.1) is 12.7 Å². The molecule has 1 aromatic rings. The Kier molecular flexibility index (Phi) is 7.78. The summed E-state index contributed by atoms with van der Waals surface area (Å²) in [6, 6.07) is 7.31. The molecule has 1 unspecified atom stereocenters. The monoisotopic (exact) mass is 278 g/mol. The van der Waals surface area contributed by atoms with Gasteiger partial charge in [-0.05, 0) is 38.3 Å². The van der Waals surface area contributed by atoms with E-state index in [-0.39, 0.29) is 12.1 Å². The van der Waals surface area contributed by atoms with Crippen molar-refractivity contribution in [1.82, 2.24) is 0 Å². The average molecular weight is 278 g/mol. The third kappa shape index (κ3) is 5.24. The van der Waals surface area contributed by atoms with Gasteiger partial charge in [0.2, 0.25) is 0 Å². The zero-order valence-corrected chi connectivity index (χ0v) is 12.9. The molecule has 20 heavy (non-hydrogen) atoms. The number of carbonyl (C=O) groups excluding carboxylic acids is 1. The van der Waals surface area contributed by atoms with Gasteiger partial charge in [0.25, 0.3) is 0 Å². The van der Waals surface area contributed by atoms with Crippen LogP contribution in [-0.4, -0.2) is 18.7 Å². The first-order valence-electron chi connectivity index (χ1n) is 7.65. The van der Waals surface area contributed by atoms with Crippen LogP contribution in [0, 0.1) is 0 Å². The minimum absolute atomic E-state index is 0.164. The van der Waals surface area contributed by atoms with E-state index in [0.717, 1.165) is 19.3 Å². The minimum Gasteiger partial charge on any atom is -0.490 e. The predicted molar refractivity (Wildman–Crippen MR) is 81.2 cm³/mol.